The van der Waals surface area contributed by atoms with E-state index in [1.807, 2.05) is 12.1 Å². The van der Waals surface area contributed by atoms with Gasteiger partial charge in [0.05, 0.1) is 4.90 Å². The second kappa shape index (κ2) is 8.25. The molecule has 0 bridgehead atoms. The highest BCUT2D eigenvalue weighted by Crippen LogP contribution is 2.19. The molecule has 7 nitrogen and oxygen atoms in total. The monoisotopic (exact) mass is 381 g/mol. The van der Waals surface area contributed by atoms with Crippen molar-refractivity contribution in [1.82, 2.24) is 9.62 Å². The lowest BCUT2D eigenvalue weighted by Crippen LogP contribution is -2.36. The zero-order chi connectivity index (χ0) is 19.3. The number of rotatable bonds is 6. The van der Waals surface area contributed by atoms with Crippen LogP contribution in [0.25, 0.3) is 10.4 Å². The number of nitrogens with zero attached hydrogens (tertiary/aromatic N) is 4. The van der Waals surface area contributed by atoms with E-state index in [-0.39, 0.29) is 10.9 Å². The minimum absolute atomic E-state index is 0.134. The molecule has 2 aromatic rings. The van der Waals surface area contributed by atoms with Crippen molar-refractivity contribution in [2.75, 3.05) is 13.1 Å². The van der Waals surface area contributed by atoms with Gasteiger partial charge in [0.15, 0.2) is 0 Å². The van der Waals surface area contributed by atoms with Crippen LogP contribution in [-0.4, -0.2) is 32.4 Å². The molecular weight excluding hydrogens is 362 g/mol. The molecule has 1 aliphatic rings. The van der Waals surface area contributed by atoms with E-state index in [0.29, 0.717) is 24.3 Å². The number of terminal acetylenes is 1. The number of benzene rings is 2. The molecule has 0 saturated carbocycles. The Kier molecular flexibility index (Phi) is 5.79. The molecule has 8 heteroatoms. The summed E-state index contributed by atoms with van der Waals surface area (Å²) in [6, 6.07) is 13.5. The Balaban J connectivity index is 1.58. The molecule has 1 saturated heterocycles. The number of hydrogen-bond donors (Lipinski definition) is 1. The van der Waals surface area contributed by atoms with E-state index >= 15 is 0 Å². The Bertz CT molecular complexity index is 988. The maximum atomic E-state index is 12.5. The molecule has 1 heterocycles. The smallest absolute Gasteiger partial charge is 0.240 e. The van der Waals surface area contributed by atoms with Gasteiger partial charge in [-0.05, 0) is 41.8 Å². The highest BCUT2D eigenvalue weighted by Gasteiger charge is 2.27. The second-order valence-corrected chi connectivity index (χ2v) is 8.08. The normalized spacial score (nSPS) is 17.2. The number of sulfonamides is 1. The van der Waals surface area contributed by atoms with Crippen LogP contribution in [0.1, 0.15) is 17.5 Å². The summed E-state index contributed by atoms with van der Waals surface area (Å²) in [6.45, 7) is 2.16. The lowest BCUT2D eigenvalue weighted by atomic mass is 10.2. The fourth-order valence-corrected chi connectivity index (χ4v) is 4.33. The fourth-order valence-electron chi connectivity index (χ4n) is 3.07. The van der Waals surface area contributed by atoms with Crippen LogP contribution in [0.4, 0.5) is 5.69 Å². The molecule has 3 rings (SSSR count). The predicted molar refractivity (Wildman–Crippen MR) is 104 cm³/mol. The topological polar surface area (TPSA) is 98.2 Å². The van der Waals surface area contributed by atoms with Gasteiger partial charge in [0.25, 0.3) is 0 Å². The summed E-state index contributed by atoms with van der Waals surface area (Å²) in [4.78, 5) is 5.17. The maximum absolute atomic E-state index is 12.5. The molecule has 0 aromatic heterocycles. The van der Waals surface area contributed by atoms with E-state index in [1.165, 1.54) is 12.1 Å². The quantitative estimate of drug-likeness (QED) is 0.360. The number of hydrogen-bond acceptors (Lipinski definition) is 4. The van der Waals surface area contributed by atoms with Crippen LogP contribution in [0.3, 0.4) is 0 Å². The second-order valence-electron chi connectivity index (χ2n) is 6.37. The van der Waals surface area contributed by atoms with Gasteiger partial charge in [-0.2, -0.15) is 0 Å². The van der Waals surface area contributed by atoms with Gasteiger partial charge < -0.3 is 0 Å². The summed E-state index contributed by atoms with van der Waals surface area (Å²) in [5.41, 5.74) is 10.7. The van der Waals surface area contributed by atoms with Crippen LogP contribution < -0.4 is 4.72 Å². The molecule has 1 aliphatic heterocycles. The molecule has 0 spiro atoms. The minimum Gasteiger partial charge on any atom is -0.297 e. The summed E-state index contributed by atoms with van der Waals surface area (Å²) < 4.78 is 27.8. The summed E-state index contributed by atoms with van der Waals surface area (Å²) in [5.74, 6) is 2.47. The summed E-state index contributed by atoms with van der Waals surface area (Å²) >= 11 is 0. The van der Waals surface area contributed by atoms with Gasteiger partial charge in [-0.3, -0.25) is 4.90 Å². The third kappa shape index (κ3) is 4.88. The van der Waals surface area contributed by atoms with Crippen LogP contribution >= 0.6 is 0 Å². The van der Waals surface area contributed by atoms with Crippen molar-refractivity contribution in [3.8, 4) is 12.3 Å². The van der Waals surface area contributed by atoms with Gasteiger partial charge in [0.1, 0.15) is 0 Å². The van der Waals surface area contributed by atoms with E-state index in [1.54, 1.807) is 24.3 Å². The first-order valence-electron chi connectivity index (χ1n) is 8.45. The molecular formula is C19H19N5O2S. The molecule has 2 aromatic carbocycles. The number of azide groups is 1. The van der Waals surface area contributed by atoms with E-state index in [4.69, 9.17) is 12.0 Å². The summed E-state index contributed by atoms with van der Waals surface area (Å²) in [5, 5.41) is 3.55. The standard InChI is InChI=1S/C19H19N5O2S/c1-2-15-5-9-19(10-6-15)27(25,26)22-18-11-12-24(14-18)13-16-3-7-17(8-4-16)21-23-20/h1,3-10,18,22H,11-14H2/t18-/m1/s1. The van der Waals surface area contributed by atoms with Gasteiger partial charge in [-0.15, -0.1) is 6.42 Å². The number of nitrogens with one attached hydrogen (secondary N) is 1. The molecule has 27 heavy (non-hydrogen) atoms. The van der Waals surface area contributed by atoms with Crippen LogP contribution in [0.15, 0.2) is 58.5 Å². The average molecular weight is 381 g/mol. The molecule has 0 unspecified atom stereocenters. The minimum atomic E-state index is -3.57. The number of likely N-dealkylation sites (tertiary alicyclic amines) is 1. The SMILES string of the molecule is C#Cc1ccc(S(=O)(=O)N[C@@H]2CCN(Cc3ccc(N=[N+]=[N-])cc3)C2)cc1. The lowest BCUT2D eigenvalue weighted by molar-refractivity contribution is 0.324. The van der Waals surface area contributed by atoms with E-state index in [2.05, 4.69) is 25.6 Å². The van der Waals surface area contributed by atoms with Gasteiger partial charge in [0, 0.05) is 41.8 Å². The molecule has 1 fully saturated rings. The van der Waals surface area contributed by atoms with E-state index in [0.717, 1.165) is 18.5 Å². The van der Waals surface area contributed by atoms with Crippen LogP contribution in [0.2, 0.25) is 0 Å². The van der Waals surface area contributed by atoms with Crippen molar-refractivity contribution in [3.63, 3.8) is 0 Å². The largest absolute Gasteiger partial charge is 0.297 e. The Morgan fingerprint density at radius 2 is 1.93 bits per heavy atom. The first kappa shape index (κ1) is 19.0. The Morgan fingerprint density at radius 3 is 2.56 bits per heavy atom. The van der Waals surface area contributed by atoms with Gasteiger partial charge in [0.2, 0.25) is 10.0 Å². The summed E-state index contributed by atoms with van der Waals surface area (Å²) in [6.07, 6.45) is 6.05. The zero-order valence-corrected chi connectivity index (χ0v) is 15.4. The Morgan fingerprint density at radius 1 is 1.22 bits per heavy atom. The first-order valence-corrected chi connectivity index (χ1v) is 9.94. The third-order valence-electron chi connectivity index (χ3n) is 4.43. The van der Waals surface area contributed by atoms with Crippen LogP contribution in [0.5, 0.6) is 0 Å². The maximum Gasteiger partial charge on any atom is 0.240 e. The van der Waals surface area contributed by atoms with E-state index < -0.39 is 10.0 Å². The van der Waals surface area contributed by atoms with Crippen molar-refractivity contribution in [1.29, 1.82) is 0 Å². The van der Waals surface area contributed by atoms with Gasteiger partial charge in [-0.1, -0.05) is 35.3 Å². The molecule has 1 atom stereocenters. The van der Waals surface area contributed by atoms with Gasteiger partial charge in [-0.25, -0.2) is 13.1 Å². The molecule has 1 N–H and O–H groups in total. The average Bonchev–Trinajstić information content (AvgIpc) is 3.09. The van der Waals surface area contributed by atoms with Crippen molar-refractivity contribution in [2.45, 2.75) is 23.9 Å². The van der Waals surface area contributed by atoms with Crippen molar-refractivity contribution < 1.29 is 8.42 Å². The Hall–Kier alpha value is -2.82. The van der Waals surface area contributed by atoms with Crippen molar-refractivity contribution in [3.05, 3.63) is 70.1 Å². The molecule has 0 aliphatic carbocycles. The third-order valence-corrected chi connectivity index (χ3v) is 5.96. The highest BCUT2D eigenvalue weighted by molar-refractivity contribution is 7.89. The highest BCUT2D eigenvalue weighted by atomic mass is 32.2. The summed E-state index contributed by atoms with van der Waals surface area (Å²) in [7, 11) is -3.57. The molecule has 138 valence electrons. The zero-order valence-electron chi connectivity index (χ0n) is 14.6. The van der Waals surface area contributed by atoms with Gasteiger partial charge >= 0.3 is 0 Å². The lowest BCUT2D eigenvalue weighted by Gasteiger charge is -2.17. The van der Waals surface area contributed by atoms with Crippen LogP contribution in [-0.2, 0) is 16.6 Å². The Labute approximate surface area is 158 Å². The first-order chi connectivity index (χ1) is 13.0. The molecule has 0 radical (unpaired) electrons. The predicted octanol–water partition coefficient (Wildman–Crippen LogP) is 3.16. The van der Waals surface area contributed by atoms with Crippen molar-refractivity contribution >= 4 is 15.7 Å². The van der Waals surface area contributed by atoms with Crippen LogP contribution in [0, 0.1) is 12.3 Å². The molecule has 0 amide bonds. The fraction of sp³-hybridized carbons (Fsp3) is 0.263. The van der Waals surface area contributed by atoms with E-state index in [9.17, 15) is 8.42 Å². The van der Waals surface area contributed by atoms with Crippen molar-refractivity contribution in [2.24, 2.45) is 5.11 Å².